The third kappa shape index (κ3) is 3.39. The van der Waals surface area contributed by atoms with Crippen LogP contribution in [0.1, 0.15) is 36.8 Å². The lowest BCUT2D eigenvalue weighted by atomic mass is 9.97. The summed E-state index contributed by atoms with van der Waals surface area (Å²) in [7, 11) is 0. The first kappa shape index (κ1) is 18.2. The molecular formula is C24H27N3O2. The fourth-order valence-corrected chi connectivity index (χ4v) is 4.62. The van der Waals surface area contributed by atoms with Gasteiger partial charge in [-0.1, -0.05) is 24.3 Å². The number of fused-ring (bicyclic) bond motifs is 1. The van der Waals surface area contributed by atoms with Gasteiger partial charge in [-0.05, 0) is 67.5 Å². The fourth-order valence-electron chi connectivity index (χ4n) is 4.62. The lowest BCUT2D eigenvalue weighted by Gasteiger charge is -2.31. The van der Waals surface area contributed by atoms with Gasteiger partial charge in [0.15, 0.2) is 0 Å². The van der Waals surface area contributed by atoms with Gasteiger partial charge in [-0.15, -0.1) is 0 Å². The van der Waals surface area contributed by atoms with Crippen LogP contribution in [0, 0.1) is 5.41 Å². The van der Waals surface area contributed by atoms with E-state index in [1.54, 1.807) is 0 Å². The number of amides is 2. The zero-order valence-electron chi connectivity index (χ0n) is 16.7. The van der Waals surface area contributed by atoms with Crippen LogP contribution >= 0.6 is 0 Å². The molecule has 150 valence electrons. The molecule has 0 radical (unpaired) electrons. The van der Waals surface area contributed by atoms with E-state index in [2.05, 4.69) is 34.5 Å². The van der Waals surface area contributed by atoms with Crippen molar-refractivity contribution in [2.75, 3.05) is 29.9 Å². The smallest absolute Gasteiger partial charge is 0.240 e. The minimum atomic E-state index is -0.875. The summed E-state index contributed by atoms with van der Waals surface area (Å²) in [6.07, 6.45) is 4.62. The van der Waals surface area contributed by atoms with Crippen LogP contribution < -0.4 is 10.2 Å². The maximum atomic E-state index is 13.2. The second-order valence-corrected chi connectivity index (χ2v) is 8.52. The molecule has 2 heterocycles. The molecule has 5 rings (SSSR count). The number of carbonyl (C=O) groups is 2. The van der Waals surface area contributed by atoms with E-state index in [0.717, 1.165) is 25.2 Å². The number of hydrogen-bond acceptors (Lipinski definition) is 3. The molecule has 29 heavy (non-hydrogen) atoms. The van der Waals surface area contributed by atoms with E-state index in [1.807, 2.05) is 29.2 Å². The minimum absolute atomic E-state index is 0.0156. The molecule has 2 fully saturated rings. The Balaban J connectivity index is 1.25. The molecule has 3 aliphatic rings. The number of carbonyl (C=O) groups excluding carboxylic acids is 2. The normalized spacial score (nSPS) is 19.6. The van der Waals surface area contributed by atoms with Gasteiger partial charge in [0.05, 0.1) is 0 Å². The molecule has 2 aliphatic heterocycles. The van der Waals surface area contributed by atoms with Crippen LogP contribution in [0.5, 0.6) is 0 Å². The van der Waals surface area contributed by atoms with Crippen LogP contribution in [0.25, 0.3) is 0 Å². The van der Waals surface area contributed by atoms with Crippen LogP contribution in [0.3, 0.4) is 0 Å². The van der Waals surface area contributed by atoms with Gasteiger partial charge in [0.25, 0.3) is 0 Å². The van der Waals surface area contributed by atoms with E-state index >= 15 is 0 Å². The molecule has 2 amide bonds. The van der Waals surface area contributed by atoms with Crippen molar-refractivity contribution in [1.82, 2.24) is 4.90 Å². The van der Waals surface area contributed by atoms with E-state index in [1.165, 1.54) is 29.7 Å². The first-order valence-electron chi connectivity index (χ1n) is 10.7. The van der Waals surface area contributed by atoms with Gasteiger partial charge in [0, 0.05) is 37.6 Å². The molecule has 1 saturated carbocycles. The average Bonchev–Trinajstić information content (AvgIpc) is 3.40. The molecule has 0 aromatic heterocycles. The van der Waals surface area contributed by atoms with Crippen molar-refractivity contribution in [3.05, 3.63) is 59.7 Å². The molecule has 0 atom stereocenters. The highest BCUT2D eigenvalue weighted by Gasteiger charge is 2.58. The number of nitrogens with zero attached hydrogens (tertiary/aromatic N) is 2. The van der Waals surface area contributed by atoms with Crippen molar-refractivity contribution in [2.45, 2.75) is 38.6 Å². The topological polar surface area (TPSA) is 52.7 Å². The predicted molar refractivity (Wildman–Crippen MR) is 114 cm³/mol. The zero-order valence-corrected chi connectivity index (χ0v) is 16.7. The van der Waals surface area contributed by atoms with Crippen molar-refractivity contribution in [3.63, 3.8) is 0 Å². The number of rotatable bonds is 4. The average molecular weight is 389 g/mol. The third-order valence-corrected chi connectivity index (χ3v) is 6.61. The first-order valence-corrected chi connectivity index (χ1v) is 10.7. The van der Waals surface area contributed by atoms with Crippen molar-refractivity contribution in [1.29, 1.82) is 0 Å². The molecule has 0 bridgehead atoms. The Morgan fingerprint density at radius 1 is 0.862 bits per heavy atom. The number of anilines is 2. The van der Waals surface area contributed by atoms with Crippen molar-refractivity contribution >= 4 is 23.2 Å². The first-order chi connectivity index (χ1) is 14.2. The Labute approximate surface area is 171 Å². The van der Waals surface area contributed by atoms with E-state index in [-0.39, 0.29) is 11.8 Å². The number of nitrogens with one attached hydrogen (secondary N) is 1. The van der Waals surface area contributed by atoms with Gasteiger partial charge in [0.1, 0.15) is 5.41 Å². The summed E-state index contributed by atoms with van der Waals surface area (Å²) in [5.74, 6) is -0.173. The van der Waals surface area contributed by atoms with Gasteiger partial charge in [-0.3, -0.25) is 9.59 Å². The quantitative estimate of drug-likeness (QED) is 0.813. The van der Waals surface area contributed by atoms with Gasteiger partial charge >= 0.3 is 0 Å². The van der Waals surface area contributed by atoms with Crippen molar-refractivity contribution in [3.8, 4) is 0 Å². The SMILES string of the molecule is O=C(Nc1ccc(N2CCCC2)cc1)C1(C(=O)N2CCc3ccccc3C2)CC1. The molecule has 0 spiro atoms. The highest BCUT2D eigenvalue weighted by Crippen LogP contribution is 2.48. The van der Waals surface area contributed by atoms with Gasteiger partial charge in [-0.2, -0.15) is 0 Å². The molecular weight excluding hydrogens is 362 g/mol. The van der Waals surface area contributed by atoms with Crippen LogP contribution in [0.2, 0.25) is 0 Å². The molecule has 5 heteroatoms. The summed E-state index contributed by atoms with van der Waals surface area (Å²) in [5, 5.41) is 3.00. The minimum Gasteiger partial charge on any atom is -0.372 e. The number of benzene rings is 2. The molecule has 1 aliphatic carbocycles. The second kappa shape index (κ2) is 7.21. The Bertz CT molecular complexity index is 927. The summed E-state index contributed by atoms with van der Waals surface area (Å²) >= 11 is 0. The third-order valence-electron chi connectivity index (χ3n) is 6.61. The van der Waals surface area contributed by atoms with Crippen molar-refractivity contribution < 1.29 is 9.59 Å². The van der Waals surface area contributed by atoms with E-state index in [4.69, 9.17) is 0 Å². The van der Waals surface area contributed by atoms with Crippen LogP contribution in [-0.4, -0.2) is 36.3 Å². The zero-order chi connectivity index (χ0) is 19.8. The Hall–Kier alpha value is -2.82. The van der Waals surface area contributed by atoms with E-state index in [0.29, 0.717) is 25.9 Å². The van der Waals surface area contributed by atoms with Crippen LogP contribution in [-0.2, 0) is 22.6 Å². The summed E-state index contributed by atoms with van der Waals surface area (Å²) in [5.41, 5.74) is 3.59. The van der Waals surface area contributed by atoms with E-state index in [9.17, 15) is 9.59 Å². The highest BCUT2D eigenvalue weighted by molar-refractivity contribution is 6.13. The van der Waals surface area contributed by atoms with Gasteiger partial charge < -0.3 is 15.1 Å². The summed E-state index contributed by atoms with van der Waals surface area (Å²) in [6.45, 7) is 3.49. The van der Waals surface area contributed by atoms with Crippen LogP contribution in [0.15, 0.2) is 48.5 Å². The molecule has 1 saturated heterocycles. The van der Waals surface area contributed by atoms with Gasteiger partial charge in [0.2, 0.25) is 11.8 Å². The summed E-state index contributed by atoms with van der Waals surface area (Å²) in [6, 6.07) is 16.3. The largest absolute Gasteiger partial charge is 0.372 e. The maximum absolute atomic E-state index is 13.2. The highest BCUT2D eigenvalue weighted by atomic mass is 16.2. The monoisotopic (exact) mass is 389 g/mol. The maximum Gasteiger partial charge on any atom is 0.240 e. The van der Waals surface area contributed by atoms with Crippen molar-refractivity contribution in [2.24, 2.45) is 5.41 Å². The summed E-state index contributed by atoms with van der Waals surface area (Å²) < 4.78 is 0. The standard InChI is InChI=1S/C24H27N3O2/c28-22(25-20-7-9-21(10-8-20)26-14-3-4-15-26)24(12-13-24)23(29)27-16-11-18-5-1-2-6-19(18)17-27/h1-2,5-10H,3-4,11-17H2,(H,25,28). The van der Waals surface area contributed by atoms with E-state index < -0.39 is 5.41 Å². The molecule has 1 N–H and O–H groups in total. The molecule has 2 aromatic rings. The fraction of sp³-hybridized carbons (Fsp3) is 0.417. The second-order valence-electron chi connectivity index (χ2n) is 8.52. The molecule has 0 unspecified atom stereocenters. The Morgan fingerprint density at radius 3 is 2.24 bits per heavy atom. The van der Waals surface area contributed by atoms with Gasteiger partial charge in [-0.25, -0.2) is 0 Å². The predicted octanol–water partition coefficient (Wildman–Crippen LogP) is 3.59. The lowest BCUT2D eigenvalue weighted by molar-refractivity contribution is -0.143. The lowest BCUT2D eigenvalue weighted by Crippen LogP contribution is -2.45. The Morgan fingerprint density at radius 2 is 1.55 bits per heavy atom. The Kier molecular flexibility index (Phi) is 4.53. The number of hydrogen-bond donors (Lipinski definition) is 1. The molecule has 2 aromatic carbocycles. The summed E-state index contributed by atoms with van der Waals surface area (Å²) in [4.78, 5) is 30.4. The molecule has 5 nitrogen and oxygen atoms in total. The van der Waals surface area contributed by atoms with Crippen LogP contribution in [0.4, 0.5) is 11.4 Å².